The van der Waals surface area contributed by atoms with Gasteiger partial charge in [-0.05, 0) is 12.8 Å². The van der Waals surface area contributed by atoms with Gasteiger partial charge in [-0.15, -0.1) is 0 Å². The van der Waals surface area contributed by atoms with Crippen molar-refractivity contribution in [3.63, 3.8) is 0 Å². The minimum absolute atomic E-state index is 0.462. The first-order valence-electron chi connectivity index (χ1n) is 9.28. The predicted octanol–water partition coefficient (Wildman–Crippen LogP) is 1.35. The van der Waals surface area contributed by atoms with Crippen molar-refractivity contribution in [1.29, 1.82) is 0 Å². The largest absolute Gasteiger partial charge is 0.372 e. The Balaban J connectivity index is 1.30. The molecule has 0 aliphatic carbocycles. The van der Waals surface area contributed by atoms with Gasteiger partial charge in [0.15, 0.2) is 0 Å². The van der Waals surface area contributed by atoms with Gasteiger partial charge >= 0.3 is 0 Å². The van der Waals surface area contributed by atoms with Crippen LogP contribution in [-0.4, -0.2) is 64.3 Å². The Hall–Kier alpha value is -2.19. The van der Waals surface area contributed by atoms with Crippen molar-refractivity contribution in [3.05, 3.63) is 30.1 Å². The molecule has 26 heavy (non-hydrogen) atoms. The maximum atomic E-state index is 5.47. The summed E-state index contributed by atoms with van der Waals surface area (Å²) in [5.41, 5.74) is 1.31. The van der Waals surface area contributed by atoms with E-state index in [4.69, 9.17) is 4.74 Å². The second kappa shape index (κ2) is 7.59. The molecule has 0 bridgehead atoms. The van der Waals surface area contributed by atoms with Crippen molar-refractivity contribution in [3.8, 4) is 0 Å². The van der Waals surface area contributed by atoms with E-state index < -0.39 is 0 Å². The lowest BCUT2D eigenvalue weighted by Gasteiger charge is -2.33. The first kappa shape index (κ1) is 17.2. The molecule has 4 heterocycles. The molecule has 0 aromatic carbocycles. The fourth-order valence-corrected chi connectivity index (χ4v) is 3.63. The number of nitrogens with zero attached hydrogens (tertiary/aromatic N) is 6. The van der Waals surface area contributed by atoms with Gasteiger partial charge in [0, 0.05) is 58.6 Å². The average molecular weight is 357 g/mol. The lowest BCUT2D eigenvalue weighted by Crippen LogP contribution is -2.39. The van der Waals surface area contributed by atoms with Gasteiger partial charge in [-0.2, -0.15) is 0 Å². The Morgan fingerprint density at radius 3 is 2.85 bits per heavy atom. The van der Waals surface area contributed by atoms with E-state index in [1.165, 1.54) is 5.69 Å². The Bertz CT molecular complexity index is 737. The van der Waals surface area contributed by atoms with Crippen LogP contribution in [0.4, 0.5) is 11.6 Å². The van der Waals surface area contributed by atoms with E-state index in [1.54, 1.807) is 6.33 Å². The van der Waals surface area contributed by atoms with Crippen LogP contribution in [-0.2, 0) is 24.4 Å². The third-order valence-electron chi connectivity index (χ3n) is 5.15. The second-order valence-corrected chi connectivity index (χ2v) is 7.22. The van der Waals surface area contributed by atoms with Gasteiger partial charge in [-0.3, -0.25) is 4.90 Å². The van der Waals surface area contributed by atoms with E-state index in [0.29, 0.717) is 12.6 Å². The van der Waals surface area contributed by atoms with Crippen molar-refractivity contribution in [1.82, 2.24) is 24.4 Å². The molecule has 4 rings (SSSR count). The molecule has 8 heteroatoms. The first-order chi connectivity index (χ1) is 12.7. The van der Waals surface area contributed by atoms with Crippen LogP contribution in [0.15, 0.2) is 18.6 Å². The molecule has 0 radical (unpaired) electrons. The van der Waals surface area contributed by atoms with Crippen LogP contribution in [0, 0.1) is 0 Å². The zero-order valence-corrected chi connectivity index (χ0v) is 15.6. The quantitative estimate of drug-likeness (QED) is 0.866. The molecule has 0 spiro atoms. The maximum absolute atomic E-state index is 5.47. The number of imidazole rings is 1. The molecule has 0 atom stereocenters. The predicted molar refractivity (Wildman–Crippen MR) is 100 cm³/mol. The number of fused-ring (bicyclic) bond motifs is 1. The van der Waals surface area contributed by atoms with E-state index in [0.717, 1.165) is 63.1 Å². The molecule has 2 aromatic rings. The fraction of sp³-hybridized carbons (Fsp3) is 0.611. The number of anilines is 2. The summed E-state index contributed by atoms with van der Waals surface area (Å²) in [6, 6.07) is 2.47. The number of hydrogen-bond donors (Lipinski definition) is 1. The molecular weight excluding hydrogens is 330 g/mol. The molecule has 1 saturated heterocycles. The smallest absolute Gasteiger partial charge is 0.135 e. The van der Waals surface area contributed by atoms with Gasteiger partial charge in [0.2, 0.25) is 0 Å². The number of likely N-dealkylation sites (tertiary alicyclic amines) is 1. The van der Waals surface area contributed by atoms with Crippen molar-refractivity contribution < 1.29 is 4.74 Å². The summed E-state index contributed by atoms with van der Waals surface area (Å²) in [4.78, 5) is 17.6. The van der Waals surface area contributed by atoms with Crippen LogP contribution < -0.4 is 10.2 Å². The Labute approximate surface area is 154 Å². The number of aromatic nitrogens is 4. The zero-order valence-electron chi connectivity index (χ0n) is 15.6. The van der Waals surface area contributed by atoms with Crippen molar-refractivity contribution in [2.24, 2.45) is 0 Å². The minimum atomic E-state index is 0.462. The number of nitrogens with one attached hydrogen (secondary N) is 1. The molecule has 0 saturated carbocycles. The second-order valence-electron chi connectivity index (χ2n) is 7.22. The molecule has 1 fully saturated rings. The molecule has 2 aromatic heterocycles. The van der Waals surface area contributed by atoms with Crippen molar-refractivity contribution in [2.45, 2.75) is 38.6 Å². The SMILES string of the molecule is CN(C)c1cc(NC2CCN(Cc3cnc4n3CCOC4)CC2)ncn1. The lowest BCUT2D eigenvalue weighted by molar-refractivity contribution is 0.0792. The normalized spacial score (nSPS) is 18.5. The van der Waals surface area contributed by atoms with Crippen LogP contribution >= 0.6 is 0 Å². The lowest BCUT2D eigenvalue weighted by atomic mass is 10.0. The van der Waals surface area contributed by atoms with Gasteiger partial charge in [-0.1, -0.05) is 0 Å². The number of ether oxygens (including phenoxy) is 1. The topological polar surface area (TPSA) is 71.3 Å². The van der Waals surface area contributed by atoms with Gasteiger partial charge in [0.05, 0.1) is 12.3 Å². The highest BCUT2D eigenvalue weighted by molar-refractivity contribution is 5.47. The summed E-state index contributed by atoms with van der Waals surface area (Å²) in [5, 5.41) is 3.57. The summed E-state index contributed by atoms with van der Waals surface area (Å²) in [7, 11) is 3.98. The Morgan fingerprint density at radius 2 is 2.04 bits per heavy atom. The van der Waals surface area contributed by atoms with E-state index in [2.05, 4.69) is 29.7 Å². The number of piperidine rings is 1. The monoisotopic (exact) mass is 357 g/mol. The van der Waals surface area contributed by atoms with E-state index >= 15 is 0 Å². The van der Waals surface area contributed by atoms with Gasteiger partial charge in [0.1, 0.15) is 30.4 Å². The third kappa shape index (κ3) is 3.81. The van der Waals surface area contributed by atoms with Gasteiger partial charge in [0.25, 0.3) is 0 Å². The standard InChI is InChI=1S/C18H27N7O/c1-23(2)17-9-16(20-13-21-17)22-14-3-5-24(6-4-14)11-15-10-19-18-12-26-8-7-25(15)18/h9-10,13-14H,3-8,11-12H2,1-2H3,(H,20,21,22). The summed E-state index contributed by atoms with van der Waals surface area (Å²) in [6.45, 7) is 5.49. The van der Waals surface area contributed by atoms with Gasteiger partial charge in [-0.25, -0.2) is 15.0 Å². The molecule has 2 aliphatic rings. The third-order valence-corrected chi connectivity index (χ3v) is 5.15. The summed E-state index contributed by atoms with van der Waals surface area (Å²) in [5.74, 6) is 2.89. The summed E-state index contributed by atoms with van der Waals surface area (Å²) >= 11 is 0. The molecular formula is C18H27N7O. The molecule has 0 amide bonds. The molecule has 8 nitrogen and oxygen atoms in total. The van der Waals surface area contributed by atoms with Crippen LogP contribution in [0.25, 0.3) is 0 Å². The number of rotatable bonds is 5. The highest BCUT2D eigenvalue weighted by atomic mass is 16.5. The summed E-state index contributed by atoms with van der Waals surface area (Å²) < 4.78 is 7.79. The summed E-state index contributed by atoms with van der Waals surface area (Å²) in [6.07, 6.45) is 5.87. The van der Waals surface area contributed by atoms with Crippen LogP contribution in [0.5, 0.6) is 0 Å². The zero-order chi connectivity index (χ0) is 17.9. The molecule has 1 N–H and O–H groups in total. The van der Waals surface area contributed by atoms with Crippen molar-refractivity contribution in [2.75, 3.05) is 44.0 Å². The number of hydrogen-bond acceptors (Lipinski definition) is 7. The van der Waals surface area contributed by atoms with E-state index in [1.807, 2.05) is 31.3 Å². The Kier molecular flexibility index (Phi) is 5.03. The van der Waals surface area contributed by atoms with E-state index in [9.17, 15) is 0 Å². The van der Waals surface area contributed by atoms with E-state index in [-0.39, 0.29) is 0 Å². The van der Waals surface area contributed by atoms with Crippen LogP contribution in [0.1, 0.15) is 24.4 Å². The minimum Gasteiger partial charge on any atom is -0.372 e. The fourth-order valence-electron chi connectivity index (χ4n) is 3.63. The molecule has 0 unspecified atom stereocenters. The molecule has 2 aliphatic heterocycles. The average Bonchev–Trinajstić information content (AvgIpc) is 3.07. The van der Waals surface area contributed by atoms with Crippen LogP contribution in [0.3, 0.4) is 0 Å². The highest BCUT2D eigenvalue weighted by Gasteiger charge is 2.22. The van der Waals surface area contributed by atoms with Gasteiger partial charge < -0.3 is 19.5 Å². The highest BCUT2D eigenvalue weighted by Crippen LogP contribution is 2.20. The first-order valence-corrected chi connectivity index (χ1v) is 9.28. The van der Waals surface area contributed by atoms with Crippen LogP contribution in [0.2, 0.25) is 0 Å². The molecule has 140 valence electrons. The Morgan fingerprint density at radius 1 is 1.19 bits per heavy atom. The maximum Gasteiger partial charge on any atom is 0.135 e. The van der Waals surface area contributed by atoms with Crippen molar-refractivity contribution >= 4 is 11.6 Å².